The number of aromatic amines is 2. The van der Waals surface area contributed by atoms with E-state index < -0.39 is 5.82 Å². The molecule has 160 valence electrons. The molecule has 1 fully saturated rings. The van der Waals surface area contributed by atoms with Crippen LogP contribution in [-0.2, 0) is 6.54 Å². The lowest BCUT2D eigenvalue weighted by Gasteiger charge is -2.14. The molecule has 10 heteroatoms. The molecular weight excluding hydrogens is 435 g/mol. The first-order chi connectivity index (χ1) is 15.5. The number of nitrogens with one attached hydrogen (secondary N) is 2. The minimum Gasteiger partial charge on any atom is -0.489 e. The van der Waals surface area contributed by atoms with E-state index in [0.29, 0.717) is 27.6 Å². The normalized spacial score (nSPS) is 13.3. The Morgan fingerprint density at radius 3 is 2.81 bits per heavy atom. The van der Waals surface area contributed by atoms with Crippen molar-refractivity contribution < 1.29 is 9.13 Å². The van der Waals surface area contributed by atoms with Crippen molar-refractivity contribution in [1.82, 2.24) is 20.4 Å². The van der Waals surface area contributed by atoms with Crippen molar-refractivity contribution in [3.8, 4) is 34.2 Å². The molecule has 0 atom stereocenters. The van der Waals surface area contributed by atoms with Gasteiger partial charge in [0.15, 0.2) is 5.82 Å². The highest BCUT2D eigenvalue weighted by Gasteiger charge is 2.29. The number of benzene rings is 2. The fourth-order valence-electron chi connectivity index (χ4n) is 3.65. The predicted molar refractivity (Wildman–Crippen MR) is 117 cm³/mol. The molecule has 0 saturated heterocycles. The van der Waals surface area contributed by atoms with Gasteiger partial charge in [0.25, 0.3) is 5.56 Å². The molecule has 32 heavy (non-hydrogen) atoms. The molecule has 2 aromatic heterocycles. The van der Waals surface area contributed by atoms with Crippen molar-refractivity contribution in [3.05, 3.63) is 62.9 Å². The van der Waals surface area contributed by atoms with Crippen LogP contribution in [0.2, 0.25) is 5.02 Å². The van der Waals surface area contributed by atoms with Crippen LogP contribution < -0.4 is 16.0 Å². The summed E-state index contributed by atoms with van der Waals surface area (Å²) in [6, 6.07) is 8.46. The molecule has 1 aliphatic rings. The van der Waals surface area contributed by atoms with Crippen molar-refractivity contribution >= 4 is 22.4 Å². The molecular formula is C22H16ClFN6O2. The van der Waals surface area contributed by atoms with E-state index in [9.17, 15) is 10.1 Å². The van der Waals surface area contributed by atoms with Gasteiger partial charge in [-0.3, -0.25) is 9.89 Å². The lowest BCUT2D eigenvalue weighted by atomic mass is 9.96. The Labute approximate surface area is 185 Å². The third-order valence-electron chi connectivity index (χ3n) is 5.37. The Morgan fingerprint density at radius 2 is 2.09 bits per heavy atom. The van der Waals surface area contributed by atoms with Gasteiger partial charge in [0.2, 0.25) is 0 Å². The first-order valence-electron chi connectivity index (χ1n) is 9.86. The third-order valence-corrected chi connectivity index (χ3v) is 5.65. The molecule has 2 aromatic carbocycles. The molecule has 1 aliphatic carbocycles. The smallest absolute Gasteiger partial charge is 0.272 e. The Hall–Kier alpha value is -3.74. The maximum absolute atomic E-state index is 15.2. The first-order valence-corrected chi connectivity index (χ1v) is 10.2. The van der Waals surface area contributed by atoms with Crippen LogP contribution in [0, 0.1) is 17.1 Å². The summed E-state index contributed by atoms with van der Waals surface area (Å²) in [6.45, 7) is 0.123. The number of hydrogen-bond donors (Lipinski definition) is 3. The lowest BCUT2D eigenvalue weighted by molar-refractivity contribution is 0.302. The van der Waals surface area contributed by atoms with Crippen LogP contribution in [0.3, 0.4) is 0 Å². The molecule has 4 N–H and O–H groups in total. The monoisotopic (exact) mass is 450 g/mol. The quantitative estimate of drug-likeness (QED) is 0.425. The van der Waals surface area contributed by atoms with E-state index in [-0.39, 0.29) is 45.8 Å². The summed E-state index contributed by atoms with van der Waals surface area (Å²) in [6.07, 6.45) is 3.26. The molecule has 4 aromatic rings. The maximum Gasteiger partial charge on any atom is 0.272 e. The fraction of sp³-hybridized carbons (Fsp3) is 0.182. The van der Waals surface area contributed by atoms with E-state index in [0.717, 1.165) is 12.8 Å². The van der Waals surface area contributed by atoms with E-state index >= 15 is 4.39 Å². The van der Waals surface area contributed by atoms with Crippen molar-refractivity contribution in [2.24, 2.45) is 5.73 Å². The van der Waals surface area contributed by atoms with Gasteiger partial charge < -0.3 is 10.5 Å². The Kier molecular flexibility index (Phi) is 4.89. The highest BCUT2D eigenvalue weighted by molar-refractivity contribution is 6.31. The van der Waals surface area contributed by atoms with E-state index in [1.54, 1.807) is 18.2 Å². The maximum atomic E-state index is 15.2. The molecule has 0 radical (unpaired) electrons. The zero-order valence-corrected chi connectivity index (χ0v) is 17.3. The average Bonchev–Trinajstić information content (AvgIpc) is 3.48. The summed E-state index contributed by atoms with van der Waals surface area (Å²) in [5.74, 6) is -0.518. The van der Waals surface area contributed by atoms with Gasteiger partial charge in [0.1, 0.15) is 17.4 Å². The number of rotatable bonds is 5. The van der Waals surface area contributed by atoms with Crippen molar-refractivity contribution in [2.75, 3.05) is 0 Å². The second kappa shape index (κ2) is 7.75. The van der Waals surface area contributed by atoms with Gasteiger partial charge in [-0.2, -0.15) is 15.5 Å². The van der Waals surface area contributed by atoms with E-state index in [4.69, 9.17) is 22.1 Å². The van der Waals surface area contributed by atoms with E-state index in [2.05, 4.69) is 20.4 Å². The van der Waals surface area contributed by atoms with Gasteiger partial charge in [0.05, 0.1) is 39.7 Å². The minimum absolute atomic E-state index is 0.00141. The summed E-state index contributed by atoms with van der Waals surface area (Å²) in [4.78, 5) is 12.1. The summed E-state index contributed by atoms with van der Waals surface area (Å²) in [7, 11) is 0. The average molecular weight is 451 g/mol. The Morgan fingerprint density at radius 1 is 1.28 bits per heavy atom. The molecule has 1 saturated carbocycles. The van der Waals surface area contributed by atoms with Gasteiger partial charge in [-0.25, -0.2) is 9.49 Å². The van der Waals surface area contributed by atoms with Crippen LogP contribution in [0.15, 0.2) is 35.3 Å². The molecule has 0 bridgehead atoms. The summed E-state index contributed by atoms with van der Waals surface area (Å²) in [5, 5.41) is 23.9. The number of nitriles is 1. The molecule has 0 spiro atoms. The zero-order valence-electron chi connectivity index (χ0n) is 16.6. The van der Waals surface area contributed by atoms with Gasteiger partial charge in [0, 0.05) is 23.6 Å². The third kappa shape index (κ3) is 3.30. The van der Waals surface area contributed by atoms with Crippen LogP contribution in [0.1, 0.15) is 24.1 Å². The summed E-state index contributed by atoms with van der Waals surface area (Å²) < 4.78 is 21.0. The predicted octanol–water partition coefficient (Wildman–Crippen LogP) is 3.64. The van der Waals surface area contributed by atoms with E-state index in [1.807, 2.05) is 6.07 Å². The zero-order chi connectivity index (χ0) is 22.4. The summed E-state index contributed by atoms with van der Waals surface area (Å²) in [5.41, 5.74) is 7.38. The van der Waals surface area contributed by atoms with Crippen LogP contribution in [0.25, 0.3) is 33.2 Å². The highest BCUT2D eigenvalue weighted by Crippen LogP contribution is 2.42. The Balaban J connectivity index is 1.72. The lowest BCUT2D eigenvalue weighted by Crippen LogP contribution is -2.13. The second-order valence-corrected chi connectivity index (χ2v) is 7.88. The van der Waals surface area contributed by atoms with Gasteiger partial charge in [-0.05, 0) is 30.5 Å². The molecule has 2 heterocycles. The van der Waals surface area contributed by atoms with Gasteiger partial charge >= 0.3 is 0 Å². The number of nitrogens with zero attached hydrogens (tertiary/aromatic N) is 3. The van der Waals surface area contributed by atoms with Gasteiger partial charge in [-0.15, -0.1) is 0 Å². The Bertz CT molecular complexity index is 1470. The number of fused-ring (bicyclic) bond motifs is 1. The molecule has 0 unspecified atom stereocenters. The second-order valence-electron chi connectivity index (χ2n) is 7.47. The molecule has 0 amide bonds. The summed E-state index contributed by atoms with van der Waals surface area (Å²) >= 11 is 6.14. The van der Waals surface area contributed by atoms with E-state index in [1.165, 1.54) is 12.3 Å². The molecule has 0 aliphatic heterocycles. The molecule has 5 rings (SSSR count). The number of hydrogen-bond acceptors (Lipinski definition) is 6. The number of aromatic nitrogens is 4. The SMILES string of the molecule is N#Cc1c(OC2CC2)cc(Cl)c(F)c1-c1[nH]ncc1-c1ccc2c(=O)[nH]nc(CN)c2c1. The number of H-pyrrole nitrogens is 2. The van der Waals surface area contributed by atoms with Crippen molar-refractivity contribution in [1.29, 1.82) is 5.26 Å². The van der Waals surface area contributed by atoms with Crippen molar-refractivity contribution in [3.63, 3.8) is 0 Å². The number of nitrogens with two attached hydrogens (primary N) is 1. The minimum atomic E-state index is -0.751. The highest BCUT2D eigenvalue weighted by atomic mass is 35.5. The van der Waals surface area contributed by atoms with Crippen molar-refractivity contribution in [2.45, 2.75) is 25.5 Å². The number of ether oxygens (including phenoxy) is 1. The topological polar surface area (TPSA) is 133 Å². The number of halogens is 2. The molecule has 8 nitrogen and oxygen atoms in total. The fourth-order valence-corrected chi connectivity index (χ4v) is 3.84. The van der Waals surface area contributed by atoms with Crippen LogP contribution in [-0.4, -0.2) is 26.5 Å². The van der Waals surface area contributed by atoms with Crippen LogP contribution in [0.5, 0.6) is 5.75 Å². The standard InChI is InChI=1S/C22H16ClFN6O2/c23-16-6-18(32-11-2-3-11)14(7-25)19(20(16)24)21-15(9-27-29-21)10-1-4-12-13(5-10)17(8-26)28-30-22(12)31/h1,4-6,9,11H,2-3,8,26H2,(H,27,29)(H,30,31). The van der Waals surface area contributed by atoms with Crippen LogP contribution >= 0.6 is 11.6 Å². The first kappa shape index (κ1) is 20.2. The van der Waals surface area contributed by atoms with Crippen LogP contribution in [0.4, 0.5) is 4.39 Å². The van der Waals surface area contributed by atoms with Gasteiger partial charge in [-0.1, -0.05) is 17.7 Å². The largest absolute Gasteiger partial charge is 0.489 e.